The Morgan fingerprint density at radius 2 is 1.92 bits per heavy atom. The molecular weight excluding hydrogens is 343 g/mol. The summed E-state index contributed by atoms with van der Waals surface area (Å²) in [6, 6.07) is 1.08. The summed E-state index contributed by atoms with van der Waals surface area (Å²) >= 11 is 0. The number of piperazine rings is 1. The Balaban J connectivity index is 0.00000117. The molecule has 0 bridgehead atoms. The Labute approximate surface area is 150 Å². The van der Waals surface area contributed by atoms with Gasteiger partial charge in [-0.25, -0.2) is 9.18 Å². The number of aromatic amines is 1. The smallest absolute Gasteiger partial charge is 0.341 e. The van der Waals surface area contributed by atoms with Gasteiger partial charge in [0.15, 0.2) is 11.6 Å². The molecule has 142 valence electrons. The minimum absolute atomic E-state index is 0.0397. The topological polar surface area (TPSA) is 112 Å². The van der Waals surface area contributed by atoms with Gasteiger partial charge in [-0.05, 0) is 20.2 Å². The molecule has 2 aromatic rings. The van der Waals surface area contributed by atoms with Gasteiger partial charge in [0.2, 0.25) is 5.43 Å². The highest BCUT2D eigenvalue weighted by atomic mass is 19.1. The van der Waals surface area contributed by atoms with E-state index in [1.807, 2.05) is 11.9 Å². The number of ether oxygens (including phenoxy) is 1. The van der Waals surface area contributed by atoms with E-state index in [1.165, 1.54) is 14.2 Å². The first-order chi connectivity index (χ1) is 12.4. The maximum atomic E-state index is 14.7. The van der Waals surface area contributed by atoms with Crippen molar-refractivity contribution < 1.29 is 19.0 Å². The van der Waals surface area contributed by atoms with Crippen molar-refractivity contribution in [2.24, 2.45) is 5.73 Å². The summed E-state index contributed by atoms with van der Waals surface area (Å²) in [5, 5.41) is 9.01. The van der Waals surface area contributed by atoms with Crippen LogP contribution in [0.25, 0.3) is 10.9 Å². The van der Waals surface area contributed by atoms with Crippen LogP contribution in [-0.2, 0) is 0 Å². The lowest BCUT2D eigenvalue weighted by molar-refractivity contribution is 0.0695. The average Bonchev–Trinajstić information content (AvgIpc) is 2.64. The number of nitrogens with two attached hydrogens (primary N) is 1. The van der Waals surface area contributed by atoms with Gasteiger partial charge in [0.05, 0.1) is 18.0 Å². The average molecular weight is 366 g/mol. The molecule has 1 fully saturated rings. The van der Waals surface area contributed by atoms with Gasteiger partial charge in [-0.1, -0.05) is 0 Å². The number of halogens is 1. The number of likely N-dealkylation sites (N-methyl/N-ethyl adjacent to an activating group) is 1. The summed E-state index contributed by atoms with van der Waals surface area (Å²) in [5.41, 5.74) is 3.91. The molecule has 0 atom stereocenters. The molecule has 4 N–H and O–H groups in total. The Morgan fingerprint density at radius 3 is 2.46 bits per heavy atom. The van der Waals surface area contributed by atoms with Crippen molar-refractivity contribution in [3.8, 4) is 5.75 Å². The monoisotopic (exact) mass is 366 g/mol. The summed E-state index contributed by atoms with van der Waals surface area (Å²) in [7, 11) is 4.90. The minimum Gasteiger partial charge on any atom is -0.492 e. The molecule has 0 unspecified atom stereocenters. The van der Waals surface area contributed by atoms with Gasteiger partial charge in [0, 0.05) is 32.4 Å². The van der Waals surface area contributed by atoms with Crippen LogP contribution in [0, 0.1) is 5.82 Å². The predicted octanol–water partition coefficient (Wildman–Crippen LogP) is 0.701. The van der Waals surface area contributed by atoms with E-state index in [2.05, 4.69) is 15.6 Å². The van der Waals surface area contributed by atoms with Crippen molar-refractivity contribution in [3.63, 3.8) is 0 Å². The third kappa shape index (κ3) is 3.49. The van der Waals surface area contributed by atoms with E-state index in [1.54, 1.807) is 0 Å². The number of aromatic carboxylic acids is 1. The number of pyridine rings is 1. The molecule has 1 saturated heterocycles. The number of hydrogen-bond donors (Lipinski definition) is 3. The summed E-state index contributed by atoms with van der Waals surface area (Å²) in [5.74, 6) is -1.75. The van der Waals surface area contributed by atoms with Crippen LogP contribution in [0.5, 0.6) is 5.75 Å². The van der Waals surface area contributed by atoms with E-state index < -0.39 is 22.8 Å². The highest BCUT2D eigenvalue weighted by Crippen LogP contribution is 2.37. The van der Waals surface area contributed by atoms with Crippen LogP contribution in [0.4, 0.5) is 10.1 Å². The van der Waals surface area contributed by atoms with Crippen LogP contribution in [0.1, 0.15) is 10.4 Å². The molecule has 1 aromatic heterocycles. The van der Waals surface area contributed by atoms with Gasteiger partial charge in [-0.15, -0.1) is 0 Å². The number of carboxylic acids is 1. The lowest BCUT2D eigenvalue weighted by atomic mass is 10.1. The molecule has 0 saturated carbocycles. The Kier molecular flexibility index (Phi) is 6.17. The van der Waals surface area contributed by atoms with Crippen LogP contribution in [0.2, 0.25) is 0 Å². The Bertz CT molecular complexity index is 860. The summed E-state index contributed by atoms with van der Waals surface area (Å²) in [4.78, 5) is 30.2. The second kappa shape index (κ2) is 8.15. The standard InChI is InChI=1S/C16H18FN3O4.CH5N/c1-19-3-5-20(6-4-19)13-11(17)7-9-12(15(13)24-2)18-8-10(14(9)21)16(22)23;1-2/h7-8H,3-6H2,1-2H3,(H,18,21)(H,22,23);2H2,1H3. The van der Waals surface area contributed by atoms with Crippen molar-refractivity contribution in [2.45, 2.75) is 0 Å². The number of benzene rings is 1. The lowest BCUT2D eigenvalue weighted by Crippen LogP contribution is -2.45. The fourth-order valence-corrected chi connectivity index (χ4v) is 2.98. The summed E-state index contributed by atoms with van der Waals surface area (Å²) in [6.07, 6.45) is 1.11. The third-order valence-corrected chi connectivity index (χ3v) is 4.31. The normalized spacial score (nSPS) is 14.7. The second-order valence-electron chi connectivity index (χ2n) is 5.79. The number of H-pyrrole nitrogens is 1. The molecule has 0 radical (unpaired) electrons. The van der Waals surface area contributed by atoms with Gasteiger partial charge in [-0.3, -0.25) is 4.79 Å². The van der Waals surface area contributed by atoms with E-state index in [0.29, 0.717) is 18.6 Å². The highest BCUT2D eigenvalue weighted by Gasteiger charge is 2.25. The fraction of sp³-hybridized carbons (Fsp3) is 0.412. The maximum absolute atomic E-state index is 14.7. The van der Waals surface area contributed by atoms with Crippen LogP contribution in [0.3, 0.4) is 0 Å². The number of fused-ring (bicyclic) bond motifs is 1. The van der Waals surface area contributed by atoms with E-state index in [0.717, 1.165) is 25.4 Å². The van der Waals surface area contributed by atoms with Gasteiger partial charge in [0.25, 0.3) is 0 Å². The van der Waals surface area contributed by atoms with Crippen molar-refractivity contribution in [1.82, 2.24) is 9.88 Å². The molecule has 1 aliphatic heterocycles. The van der Waals surface area contributed by atoms with E-state index in [4.69, 9.17) is 9.84 Å². The molecule has 1 aromatic carbocycles. The van der Waals surface area contributed by atoms with Crippen LogP contribution < -0.4 is 20.8 Å². The fourth-order valence-electron chi connectivity index (χ4n) is 2.98. The summed E-state index contributed by atoms with van der Waals surface area (Å²) < 4.78 is 20.1. The first-order valence-corrected chi connectivity index (χ1v) is 8.10. The number of hydrogen-bond acceptors (Lipinski definition) is 6. The van der Waals surface area contributed by atoms with E-state index in [-0.39, 0.29) is 16.8 Å². The van der Waals surface area contributed by atoms with Gasteiger partial charge < -0.3 is 30.4 Å². The van der Waals surface area contributed by atoms with Crippen LogP contribution >= 0.6 is 0 Å². The lowest BCUT2D eigenvalue weighted by Gasteiger charge is -2.35. The van der Waals surface area contributed by atoms with Crippen LogP contribution in [0.15, 0.2) is 17.1 Å². The number of aromatic nitrogens is 1. The second-order valence-corrected chi connectivity index (χ2v) is 5.79. The number of carboxylic acid groups (broad SMARTS) is 1. The zero-order chi connectivity index (χ0) is 19.4. The predicted molar refractivity (Wildman–Crippen MR) is 97.9 cm³/mol. The Hall–Kier alpha value is -2.65. The summed E-state index contributed by atoms with van der Waals surface area (Å²) in [6.45, 7) is 2.84. The van der Waals surface area contributed by atoms with Crippen molar-refractivity contribution in [3.05, 3.63) is 33.9 Å². The Morgan fingerprint density at radius 1 is 1.31 bits per heavy atom. The molecule has 8 nitrogen and oxygen atoms in total. The largest absolute Gasteiger partial charge is 0.492 e. The number of nitrogens with zero attached hydrogens (tertiary/aromatic N) is 2. The van der Waals surface area contributed by atoms with Gasteiger partial charge in [-0.2, -0.15) is 0 Å². The molecule has 2 heterocycles. The first kappa shape index (κ1) is 19.7. The quantitative estimate of drug-likeness (QED) is 0.733. The SMILES string of the molecule is CN.COc1c(N2CCN(C)CC2)c(F)cc2c(=O)c(C(=O)O)c[nH]c12. The highest BCUT2D eigenvalue weighted by molar-refractivity contribution is 5.96. The molecule has 0 spiro atoms. The molecule has 26 heavy (non-hydrogen) atoms. The molecular formula is C17H23FN4O4. The van der Waals surface area contributed by atoms with Gasteiger partial charge in [0.1, 0.15) is 11.3 Å². The number of carbonyl (C=O) groups is 1. The van der Waals surface area contributed by atoms with Crippen molar-refractivity contribution in [1.29, 1.82) is 0 Å². The molecule has 3 rings (SSSR count). The molecule has 9 heteroatoms. The zero-order valence-corrected chi connectivity index (χ0v) is 15.0. The number of anilines is 1. The maximum Gasteiger partial charge on any atom is 0.341 e. The number of nitrogens with one attached hydrogen (secondary N) is 1. The molecule has 0 aliphatic carbocycles. The van der Waals surface area contributed by atoms with Gasteiger partial charge >= 0.3 is 5.97 Å². The molecule has 1 aliphatic rings. The zero-order valence-electron chi connectivity index (χ0n) is 15.0. The van der Waals surface area contributed by atoms with Crippen LogP contribution in [-0.4, -0.2) is 68.3 Å². The van der Waals surface area contributed by atoms with Crippen molar-refractivity contribution >= 4 is 22.6 Å². The molecule has 0 amide bonds. The number of rotatable bonds is 3. The number of methoxy groups -OCH3 is 1. The first-order valence-electron chi connectivity index (χ1n) is 8.10. The van der Waals surface area contributed by atoms with E-state index in [9.17, 15) is 14.0 Å². The third-order valence-electron chi connectivity index (χ3n) is 4.31. The van der Waals surface area contributed by atoms with E-state index >= 15 is 0 Å². The minimum atomic E-state index is -1.36. The van der Waals surface area contributed by atoms with Crippen molar-refractivity contribution in [2.75, 3.05) is 52.3 Å².